The van der Waals surface area contributed by atoms with Crippen LogP contribution in [0.1, 0.15) is 17.2 Å². The highest BCUT2D eigenvalue weighted by atomic mass is 35.5. The number of rotatable bonds is 7. The number of carbonyl (C=O) groups is 1. The van der Waals surface area contributed by atoms with Crippen molar-refractivity contribution in [2.24, 2.45) is 0 Å². The number of hydrogen-bond donors (Lipinski definition) is 0. The highest BCUT2D eigenvalue weighted by Gasteiger charge is 2.31. The average Bonchev–Trinajstić information content (AvgIpc) is 2.71. The molecule has 1 aliphatic rings. The summed E-state index contributed by atoms with van der Waals surface area (Å²) in [4.78, 5) is 16.8. The molecule has 1 saturated heterocycles. The van der Waals surface area contributed by atoms with E-state index in [0.717, 1.165) is 16.8 Å². The predicted octanol–water partition coefficient (Wildman–Crippen LogP) is 4.35. The van der Waals surface area contributed by atoms with Crippen molar-refractivity contribution in [3.05, 3.63) is 63.6 Å². The Morgan fingerprint density at radius 1 is 1.10 bits per heavy atom. The minimum Gasteiger partial charge on any atom is -0.382 e. The van der Waals surface area contributed by atoms with Crippen LogP contribution in [-0.4, -0.2) is 57.4 Å². The van der Waals surface area contributed by atoms with Gasteiger partial charge in [-0.3, -0.25) is 4.79 Å². The van der Waals surface area contributed by atoms with Crippen LogP contribution in [0.5, 0.6) is 0 Å². The minimum absolute atomic E-state index is 0.0188. The summed E-state index contributed by atoms with van der Waals surface area (Å²) < 4.78 is 10.4. The first-order valence-electron chi connectivity index (χ1n) is 9.62. The molecule has 1 fully saturated rings. The summed E-state index contributed by atoms with van der Waals surface area (Å²) >= 11 is 12.6. The first-order valence-corrected chi connectivity index (χ1v) is 10.4. The molecule has 0 radical (unpaired) electrons. The molecule has 2 aromatic rings. The van der Waals surface area contributed by atoms with Crippen LogP contribution in [0.15, 0.2) is 42.5 Å². The zero-order valence-electron chi connectivity index (χ0n) is 16.7. The third-order valence-electron chi connectivity index (χ3n) is 5.06. The molecule has 1 amide bonds. The van der Waals surface area contributed by atoms with Crippen LogP contribution in [0.2, 0.25) is 10.0 Å². The normalized spacial score (nSPS) is 16.9. The lowest BCUT2D eigenvalue weighted by atomic mass is 10.0. The van der Waals surface area contributed by atoms with Crippen LogP contribution in [0, 0.1) is 6.92 Å². The monoisotopic (exact) mass is 436 g/mol. The van der Waals surface area contributed by atoms with Crippen LogP contribution in [0.3, 0.4) is 0 Å². The molecule has 0 aromatic heterocycles. The zero-order valence-corrected chi connectivity index (χ0v) is 18.2. The van der Waals surface area contributed by atoms with E-state index in [4.69, 9.17) is 32.7 Å². The van der Waals surface area contributed by atoms with Gasteiger partial charge in [-0.25, -0.2) is 0 Å². The average molecular weight is 437 g/mol. The Bertz CT molecular complexity index is 829. The van der Waals surface area contributed by atoms with E-state index in [0.29, 0.717) is 42.9 Å². The Morgan fingerprint density at radius 3 is 2.55 bits per heavy atom. The fraction of sp³-hybridized carbons (Fsp3) is 0.409. The SMILES string of the molecule is COCCOCC(=O)N1CCN(c2ccc(C)cc2Cl)C(c2ccc(Cl)cc2)C1. The molecule has 0 spiro atoms. The first-order chi connectivity index (χ1) is 14.0. The van der Waals surface area contributed by atoms with E-state index in [-0.39, 0.29) is 18.6 Å². The summed E-state index contributed by atoms with van der Waals surface area (Å²) in [7, 11) is 1.61. The predicted molar refractivity (Wildman–Crippen MR) is 117 cm³/mol. The molecule has 0 aliphatic carbocycles. The van der Waals surface area contributed by atoms with Crippen LogP contribution in [0.4, 0.5) is 5.69 Å². The van der Waals surface area contributed by atoms with E-state index in [9.17, 15) is 4.79 Å². The van der Waals surface area contributed by atoms with E-state index in [1.807, 2.05) is 48.2 Å². The largest absolute Gasteiger partial charge is 0.382 e. The Labute approximate surface area is 182 Å². The molecule has 7 heteroatoms. The molecule has 1 aliphatic heterocycles. The molecule has 0 saturated carbocycles. The topological polar surface area (TPSA) is 42.0 Å². The molecule has 0 N–H and O–H groups in total. The van der Waals surface area contributed by atoms with Gasteiger partial charge in [0.25, 0.3) is 0 Å². The van der Waals surface area contributed by atoms with Crippen molar-refractivity contribution >= 4 is 34.8 Å². The number of benzene rings is 2. The van der Waals surface area contributed by atoms with Gasteiger partial charge in [0.15, 0.2) is 0 Å². The summed E-state index contributed by atoms with van der Waals surface area (Å²) in [6.07, 6.45) is 0. The molecule has 3 rings (SSSR count). The van der Waals surface area contributed by atoms with Gasteiger partial charge in [-0.1, -0.05) is 41.4 Å². The van der Waals surface area contributed by atoms with Gasteiger partial charge in [0.1, 0.15) is 6.61 Å². The number of nitrogens with zero attached hydrogens (tertiary/aromatic N) is 2. The van der Waals surface area contributed by atoms with Crippen molar-refractivity contribution < 1.29 is 14.3 Å². The van der Waals surface area contributed by atoms with Crippen LogP contribution < -0.4 is 4.90 Å². The number of ether oxygens (including phenoxy) is 2. The molecular formula is C22H26Cl2N2O3. The first kappa shape index (κ1) is 21.9. The van der Waals surface area contributed by atoms with Gasteiger partial charge >= 0.3 is 0 Å². The second-order valence-corrected chi connectivity index (χ2v) is 7.94. The summed E-state index contributed by atoms with van der Waals surface area (Å²) in [5, 5.41) is 1.40. The Hall–Kier alpha value is -1.79. The number of methoxy groups -OCH3 is 1. The number of aryl methyl sites for hydroxylation is 1. The molecule has 1 heterocycles. The lowest BCUT2D eigenvalue weighted by molar-refractivity contribution is -0.137. The fourth-order valence-corrected chi connectivity index (χ4v) is 3.98. The smallest absolute Gasteiger partial charge is 0.248 e. The molecule has 1 unspecified atom stereocenters. The van der Waals surface area contributed by atoms with Gasteiger partial charge in [0, 0.05) is 31.8 Å². The minimum atomic E-state index is -0.0239. The van der Waals surface area contributed by atoms with Crippen molar-refractivity contribution in [1.29, 1.82) is 0 Å². The standard InChI is InChI=1S/C22H26Cl2N2O3/c1-16-3-8-20(19(24)13-16)26-10-9-25(22(27)15-29-12-11-28-2)14-21(26)17-4-6-18(23)7-5-17/h3-8,13,21H,9-12,14-15H2,1-2H3. The van der Waals surface area contributed by atoms with Crippen molar-refractivity contribution in [3.63, 3.8) is 0 Å². The third-order valence-corrected chi connectivity index (χ3v) is 5.61. The number of piperazine rings is 1. The van der Waals surface area contributed by atoms with E-state index in [1.54, 1.807) is 7.11 Å². The maximum atomic E-state index is 12.6. The molecule has 2 aromatic carbocycles. The Balaban J connectivity index is 1.81. The van der Waals surface area contributed by atoms with Gasteiger partial charge in [-0.05, 0) is 42.3 Å². The maximum Gasteiger partial charge on any atom is 0.248 e. The van der Waals surface area contributed by atoms with Crippen molar-refractivity contribution in [1.82, 2.24) is 4.90 Å². The number of amides is 1. The number of halogens is 2. The van der Waals surface area contributed by atoms with Crippen molar-refractivity contribution in [3.8, 4) is 0 Å². The molecule has 29 heavy (non-hydrogen) atoms. The van der Waals surface area contributed by atoms with E-state index in [1.165, 1.54) is 0 Å². The van der Waals surface area contributed by atoms with Crippen LogP contribution in [0.25, 0.3) is 0 Å². The lowest BCUT2D eigenvalue weighted by Crippen LogP contribution is -2.51. The highest BCUT2D eigenvalue weighted by Crippen LogP contribution is 2.36. The number of hydrogen-bond acceptors (Lipinski definition) is 4. The zero-order chi connectivity index (χ0) is 20.8. The summed E-state index contributed by atoms with van der Waals surface area (Å²) in [5.74, 6) is -0.0188. The van der Waals surface area contributed by atoms with Gasteiger partial charge in [0.05, 0.1) is 30.0 Å². The van der Waals surface area contributed by atoms with Crippen molar-refractivity contribution in [2.45, 2.75) is 13.0 Å². The Morgan fingerprint density at radius 2 is 1.86 bits per heavy atom. The van der Waals surface area contributed by atoms with Crippen LogP contribution >= 0.6 is 23.2 Å². The highest BCUT2D eigenvalue weighted by molar-refractivity contribution is 6.33. The molecule has 1 atom stereocenters. The van der Waals surface area contributed by atoms with Gasteiger partial charge in [-0.15, -0.1) is 0 Å². The third kappa shape index (κ3) is 5.64. The number of carbonyl (C=O) groups excluding carboxylic acids is 1. The molecule has 156 valence electrons. The summed E-state index contributed by atoms with van der Waals surface area (Å²) in [6, 6.07) is 13.8. The summed E-state index contributed by atoms with van der Waals surface area (Å²) in [6.45, 7) is 4.80. The van der Waals surface area contributed by atoms with E-state index < -0.39 is 0 Å². The fourth-order valence-electron chi connectivity index (χ4n) is 3.51. The van der Waals surface area contributed by atoms with Crippen LogP contribution in [-0.2, 0) is 14.3 Å². The van der Waals surface area contributed by atoms with Gasteiger partial charge in [0.2, 0.25) is 5.91 Å². The molecule has 5 nitrogen and oxygen atoms in total. The van der Waals surface area contributed by atoms with Gasteiger partial charge in [-0.2, -0.15) is 0 Å². The Kier molecular flexibility index (Phi) is 7.78. The second kappa shape index (κ2) is 10.3. The van der Waals surface area contributed by atoms with E-state index in [2.05, 4.69) is 11.0 Å². The van der Waals surface area contributed by atoms with E-state index >= 15 is 0 Å². The number of anilines is 1. The second-order valence-electron chi connectivity index (χ2n) is 7.10. The summed E-state index contributed by atoms with van der Waals surface area (Å²) in [5.41, 5.74) is 3.17. The van der Waals surface area contributed by atoms with Gasteiger partial charge < -0.3 is 19.3 Å². The maximum absolute atomic E-state index is 12.6. The van der Waals surface area contributed by atoms with Crippen molar-refractivity contribution in [2.75, 3.05) is 51.5 Å². The molecular weight excluding hydrogens is 411 g/mol. The quantitative estimate of drug-likeness (QED) is 0.604. The lowest BCUT2D eigenvalue weighted by Gasteiger charge is -2.43. The molecule has 0 bridgehead atoms.